The van der Waals surface area contributed by atoms with E-state index in [-0.39, 0.29) is 44.0 Å². The third-order valence-corrected chi connectivity index (χ3v) is 10.2. The monoisotopic (exact) mass is 638 g/mol. The van der Waals surface area contributed by atoms with Crippen LogP contribution >= 0.6 is 23.7 Å². The summed E-state index contributed by atoms with van der Waals surface area (Å²) in [7, 11) is 1.74. The van der Waals surface area contributed by atoms with Crippen molar-refractivity contribution in [2.75, 3.05) is 25.1 Å². The predicted octanol–water partition coefficient (Wildman–Crippen LogP) is 8.10. The molecule has 5 rings (SSSR count). The molecule has 2 fully saturated rings. The maximum atomic E-state index is 13.8. The fourth-order valence-electron chi connectivity index (χ4n) is 5.47. The van der Waals surface area contributed by atoms with Gasteiger partial charge in [0.2, 0.25) is 12.3 Å². The number of thioether (sulfide) groups is 1. The van der Waals surface area contributed by atoms with Crippen molar-refractivity contribution in [1.82, 2.24) is 4.31 Å². The molecule has 0 bridgehead atoms. The number of ether oxygens (including phenoxy) is 1. The summed E-state index contributed by atoms with van der Waals surface area (Å²) in [5.41, 5.74) is -0.606. The molecule has 230 valence electrons. The van der Waals surface area contributed by atoms with Crippen molar-refractivity contribution in [3.63, 3.8) is 0 Å². The average molecular weight is 639 g/mol. The molecule has 0 aromatic heterocycles. The van der Waals surface area contributed by atoms with Crippen molar-refractivity contribution < 1.29 is 45.4 Å². The molecule has 0 spiro atoms. The second kappa shape index (κ2) is 11.6. The number of carboxylic acid groups (broad SMARTS) is 1. The summed E-state index contributed by atoms with van der Waals surface area (Å²) >= 11 is 2.37. The highest BCUT2D eigenvalue weighted by Gasteiger charge is 2.62. The van der Waals surface area contributed by atoms with Crippen LogP contribution in [0.25, 0.3) is 0 Å². The first-order chi connectivity index (χ1) is 19.7. The van der Waals surface area contributed by atoms with Crippen molar-refractivity contribution >= 4 is 41.1 Å². The summed E-state index contributed by atoms with van der Waals surface area (Å²) in [6.45, 7) is -0.276. The van der Waals surface area contributed by atoms with E-state index in [4.69, 9.17) is 4.74 Å². The number of halogens is 7. The minimum atomic E-state index is -3.12. The molecule has 2 aromatic rings. The van der Waals surface area contributed by atoms with Gasteiger partial charge in [0.1, 0.15) is 23.6 Å². The van der Waals surface area contributed by atoms with E-state index in [1.54, 1.807) is 31.3 Å². The number of rotatable bonds is 10. The Morgan fingerprint density at radius 3 is 2.36 bits per heavy atom. The van der Waals surface area contributed by atoms with Crippen LogP contribution in [0, 0.1) is 11.2 Å². The number of carbonyl (C=O) groups is 1. The minimum Gasteiger partial charge on any atom is -0.491 e. The SMILES string of the molecule is CN1Sc2cc(OCC3(C(=O)O)CC(F)(F)C3)c(SC3CC(F)(F)C3)cc2N(c2ccc(F)cc2)CC1CCC(F)F. The van der Waals surface area contributed by atoms with Crippen molar-refractivity contribution in [3.8, 4) is 5.75 Å². The Morgan fingerprint density at radius 1 is 1.12 bits per heavy atom. The summed E-state index contributed by atoms with van der Waals surface area (Å²) in [5, 5.41) is 9.22. The van der Waals surface area contributed by atoms with E-state index < -0.39 is 60.2 Å². The van der Waals surface area contributed by atoms with E-state index in [0.717, 1.165) is 11.8 Å². The number of benzene rings is 2. The molecule has 3 aliphatic rings. The lowest BCUT2D eigenvalue weighted by Crippen LogP contribution is -2.54. The highest BCUT2D eigenvalue weighted by atomic mass is 32.2. The molecule has 1 atom stereocenters. The highest BCUT2D eigenvalue weighted by Crippen LogP contribution is 2.54. The van der Waals surface area contributed by atoms with Crippen LogP contribution in [0.1, 0.15) is 38.5 Å². The zero-order valence-electron chi connectivity index (χ0n) is 22.5. The third-order valence-electron chi connectivity index (χ3n) is 7.82. The number of aliphatic carboxylic acids is 1. The normalized spacial score (nSPS) is 23.1. The van der Waals surface area contributed by atoms with E-state index in [0.29, 0.717) is 21.2 Å². The van der Waals surface area contributed by atoms with Gasteiger partial charge in [0.05, 0.1) is 15.5 Å². The first-order valence-electron chi connectivity index (χ1n) is 13.3. The third kappa shape index (κ3) is 6.75. The van der Waals surface area contributed by atoms with Gasteiger partial charge < -0.3 is 14.7 Å². The molecule has 1 aliphatic heterocycles. The summed E-state index contributed by atoms with van der Waals surface area (Å²) in [6, 6.07) is 8.59. The number of alkyl halides is 6. The van der Waals surface area contributed by atoms with Gasteiger partial charge in [-0.25, -0.2) is 35.0 Å². The molecule has 14 heteroatoms. The molecule has 0 saturated heterocycles. The molecule has 1 unspecified atom stereocenters. The molecule has 5 nitrogen and oxygen atoms in total. The van der Waals surface area contributed by atoms with Crippen LogP contribution in [0.3, 0.4) is 0 Å². The van der Waals surface area contributed by atoms with Crippen molar-refractivity contribution in [1.29, 1.82) is 0 Å². The van der Waals surface area contributed by atoms with Crippen molar-refractivity contribution in [3.05, 3.63) is 42.2 Å². The van der Waals surface area contributed by atoms with E-state index in [1.165, 1.54) is 24.1 Å². The first kappa shape index (κ1) is 31.1. The second-order valence-electron chi connectivity index (χ2n) is 11.2. The maximum absolute atomic E-state index is 13.8. The van der Waals surface area contributed by atoms with Crippen molar-refractivity contribution in [2.45, 2.75) is 77.9 Å². The molecule has 0 amide bonds. The molecular formula is C28H29F7N2O3S2. The Labute approximate surface area is 246 Å². The zero-order valence-corrected chi connectivity index (χ0v) is 24.1. The Hall–Kier alpha value is -2.32. The smallest absolute Gasteiger partial charge is 0.313 e. The van der Waals surface area contributed by atoms with Crippen LogP contribution in [0.2, 0.25) is 0 Å². The lowest BCUT2D eigenvalue weighted by atomic mass is 9.66. The summed E-state index contributed by atoms with van der Waals surface area (Å²) < 4.78 is 103. The maximum Gasteiger partial charge on any atom is 0.313 e. The lowest BCUT2D eigenvalue weighted by molar-refractivity contribution is -0.199. The van der Waals surface area contributed by atoms with Crippen LogP contribution in [0.5, 0.6) is 5.75 Å². The Kier molecular flexibility index (Phi) is 8.63. The Bertz CT molecular complexity index is 1300. The van der Waals surface area contributed by atoms with Crippen LogP contribution in [-0.4, -0.2) is 65.1 Å². The Morgan fingerprint density at radius 2 is 1.79 bits per heavy atom. The predicted molar refractivity (Wildman–Crippen MR) is 146 cm³/mol. The molecular weight excluding hydrogens is 609 g/mol. The van der Waals surface area contributed by atoms with Gasteiger partial charge >= 0.3 is 5.97 Å². The van der Waals surface area contributed by atoms with Crippen LogP contribution < -0.4 is 9.64 Å². The molecule has 2 aliphatic carbocycles. The van der Waals surface area contributed by atoms with Gasteiger partial charge in [0.25, 0.3) is 5.92 Å². The standard InChI is InChI=1S/C28H29F7N2O3S2/c1-36-18(6-7-24(30)31)12-37(17-4-2-16(29)3-5-17)20-8-23(41-19-10-27(32,33)11-19)21(9-22(20)42-36)40-15-26(25(38)39)13-28(34,35)14-26/h2-5,8-9,18-19,24H,6-7,10-15H2,1H3,(H,38,39). The van der Waals surface area contributed by atoms with Gasteiger partial charge in [0, 0.05) is 55.6 Å². The summed E-state index contributed by atoms with van der Waals surface area (Å²) in [5.74, 6) is -7.63. The van der Waals surface area contributed by atoms with E-state index in [2.05, 4.69) is 0 Å². The average Bonchev–Trinajstić information content (AvgIpc) is 2.99. The molecule has 2 saturated carbocycles. The second-order valence-corrected chi connectivity index (χ2v) is 13.7. The number of likely N-dealkylation sites (N-methyl/N-ethyl adjacent to an activating group) is 1. The largest absolute Gasteiger partial charge is 0.491 e. The Balaban J connectivity index is 1.52. The highest BCUT2D eigenvalue weighted by molar-refractivity contribution is 8.00. The number of anilines is 2. The van der Waals surface area contributed by atoms with Gasteiger partial charge in [-0.05, 0) is 61.8 Å². The molecule has 42 heavy (non-hydrogen) atoms. The number of hydrogen-bond acceptors (Lipinski definition) is 6. The number of hydrogen-bond donors (Lipinski definition) is 1. The van der Waals surface area contributed by atoms with E-state index in [9.17, 15) is 40.6 Å². The van der Waals surface area contributed by atoms with Gasteiger partial charge in [-0.2, -0.15) is 0 Å². The van der Waals surface area contributed by atoms with Crippen LogP contribution in [-0.2, 0) is 4.79 Å². The number of carboxylic acids is 1. The van der Waals surface area contributed by atoms with Crippen LogP contribution in [0.4, 0.5) is 42.1 Å². The van der Waals surface area contributed by atoms with Gasteiger partial charge in [-0.3, -0.25) is 4.79 Å². The van der Waals surface area contributed by atoms with E-state index in [1.807, 2.05) is 9.21 Å². The number of fused-ring (bicyclic) bond motifs is 1. The summed E-state index contributed by atoms with van der Waals surface area (Å²) in [6.07, 6.45) is -5.17. The fourth-order valence-corrected chi connectivity index (χ4v) is 7.95. The fraction of sp³-hybridized carbons (Fsp3) is 0.536. The van der Waals surface area contributed by atoms with E-state index >= 15 is 0 Å². The molecule has 2 aromatic carbocycles. The zero-order chi connectivity index (χ0) is 30.4. The van der Waals surface area contributed by atoms with Crippen LogP contribution in [0.15, 0.2) is 46.2 Å². The van der Waals surface area contributed by atoms with Crippen molar-refractivity contribution in [2.24, 2.45) is 5.41 Å². The quantitative estimate of drug-likeness (QED) is 0.209. The summed E-state index contributed by atoms with van der Waals surface area (Å²) in [4.78, 5) is 14.7. The number of nitrogens with zero attached hydrogens (tertiary/aromatic N) is 2. The molecule has 0 radical (unpaired) electrons. The molecule has 1 heterocycles. The topological polar surface area (TPSA) is 53.0 Å². The van der Waals surface area contributed by atoms with Gasteiger partial charge in [0.15, 0.2) is 0 Å². The van der Waals surface area contributed by atoms with Gasteiger partial charge in [-0.15, -0.1) is 11.8 Å². The molecule has 1 N–H and O–H groups in total. The minimum absolute atomic E-state index is 0.157. The van der Waals surface area contributed by atoms with Gasteiger partial charge in [-0.1, -0.05) is 0 Å². The lowest BCUT2D eigenvalue weighted by Gasteiger charge is -2.43. The first-order valence-corrected chi connectivity index (χ1v) is 15.0.